The number of aromatic nitrogens is 2. The van der Waals surface area contributed by atoms with Gasteiger partial charge in [0.1, 0.15) is 0 Å². The first kappa shape index (κ1) is 23.8. The zero-order valence-corrected chi connectivity index (χ0v) is 24.2. The third kappa shape index (κ3) is 3.32. The molecule has 0 fully saturated rings. The molecule has 0 unspecified atom stereocenters. The van der Waals surface area contributed by atoms with Crippen LogP contribution in [0.25, 0.3) is 75.6 Å². The van der Waals surface area contributed by atoms with Gasteiger partial charge < -0.3 is 0 Å². The molecule has 0 bridgehead atoms. The van der Waals surface area contributed by atoms with Gasteiger partial charge in [-0.3, -0.25) is 0 Å². The lowest BCUT2D eigenvalue weighted by molar-refractivity contribution is 0.661. The van der Waals surface area contributed by atoms with Crippen molar-refractivity contribution in [1.82, 2.24) is 9.97 Å². The fourth-order valence-electron chi connectivity index (χ4n) is 6.89. The lowest BCUT2D eigenvalue weighted by Crippen LogP contribution is -2.15. The smallest absolute Gasteiger partial charge is 0.0987 e. The highest BCUT2D eigenvalue weighted by atomic mass is 32.1. The third-order valence-corrected chi connectivity index (χ3v) is 10.3. The molecule has 2 aromatic heterocycles. The molecule has 1 aliphatic carbocycles. The molecule has 0 saturated carbocycles. The first-order valence-corrected chi connectivity index (χ1v) is 15.2. The molecular weight excluding hydrogens is 529 g/mol. The van der Waals surface area contributed by atoms with E-state index in [1.54, 1.807) is 0 Å². The second-order valence-electron chi connectivity index (χ2n) is 11.8. The number of thiophene rings is 1. The van der Waals surface area contributed by atoms with Crippen LogP contribution in [0.5, 0.6) is 0 Å². The largest absolute Gasteiger partial charge is 0.244 e. The van der Waals surface area contributed by atoms with Gasteiger partial charge in [0, 0.05) is 36.7 Å². The Morgan fingerprint density at radius 3 is 2.02 bits per heavy atom. The average Bonchev–Trinajstić information content (AvgIpc) is 3.51. The van der Waals surface area contributed by atoms with E-state index in [0.717, 1.165) is 33.5 Å². The number of hydrogen-bond donors (Lipinski definition) is 0. The van der Waals surface area contributed by atoms with E-state index < -0.39 is 0 Å². The number of para-hydroxylation sites is 2. The minimum absolute atomic E-state index is 0.124. The molecule has 2 heterocycles. The molecule has 0 amide bonds. The molecule has 0 atom stereocenters. The Balaban J connectivity index is 1.30. The maximum atomic E-state index is 5.29. The summed E-state index contributed by atoms with van der Waals surface area (Å²) in [7, 11) is 0. The Morgan fingerprint density at radius 2 is 1.19 bits per heavy atom. The van der Waals surface area contributed by atoms with Crippen molar-refractivity contribution in [3.8, 4) is 33.6 Å². The van der Waals surface area contributed by atoms with Crippen molar-refractivity contribution in [3.05, 3.63) is 132 Å². The molecule has 0 spiro atoms. The van der Waals surface area contributed by atoms with Gasteiger partial charge in [-0.1, -0.05) is 98.8 Å². The van der Waals surface area contributed by atoms with Crippen LogP contribution in [0.1, 0.15) is 25.0 Å². The lowest BCUT2D eigenvalue weighted by Gasteiger charge is -2.22. The molecule has 6 aromatic carbocycles. The van der Waals surface area contributed by atoms with Gasteiger partial charge in [0.25, 0.3) is 0 Å². The van der Waals surface area contributed by atoms with Crippen LogP contribution in [-0.4, -0.2) is 9.97 Å². The van der Waals surface area contributed by atoms with Crippen LogP contribution in [0.3, 0.4) is 0 Å². The highest BCUT2D eigenvalue weighted by Gasteiger charge is 2.36. The SMILES string of the molecule is CC1(C)c2cc(-c3nc4ccccc4nc3-c3cccc4c3sc3ccccc34)ccc2-c2cc3ccccc3cc21. The van der Waals surface area contributed by atoms with Gasteiger partial charge in [-0.2, -0.15) is 0 Å². The van der Waals surface area contributed by atoms with Crippen molar-refractivity contribution in [3.63, 3.8) is 0 Å². The van der Waals surface area contributed by atoms with Crippen LogP contribution in [0.15, 0.2) is 121 Å². The Bertz CT molecular complexity index is 2400. The van der Waals surface area contributed by atoms with E-state index in [4.69, 9.17) is 9.97 Å². The summed E-state index contributed by atoms with van der Waals surface area (Å²) in [5.41, 5.74) is 11.2. The fourth-order valence-corrected chi connectivity index (χ4v) is 8.11. The minimum atomic E-state index is -0.124. The standard InChI is InChI=1S/C39H26N2S/c1-39(2)31-22-25(18-19-26(31)30-20-23-10-3-4-11-24(23)21-32(30)39)36-37(41-34-16-7-6-15-33(34)40-36)29-14-9-13-28-27-12-5-8-17-35(27)42-38(28)29/h3-22H,1-2H3. The summed E-state index contributed by atoms with van der Waals surface area (Å²) in [4.78, 5) is 10.6. The summed E-state index contributed by atoms with van der Waals surface area (Å²) in [6.07, 6.45) is 0. The summed E-state index contributed by atoms with van der Waals surface area (Å²) in [5, 5.41) is 5.13. The van der Waals surface area contributed by atoms with Gasteiger partial charge in [-0.15, -0.1) is 11.3 Å². The fraction of sp³-hybridized carbons (Fsp3) is 0.0769. The Labute approximate surface area is 247 Å². The predicted octanol–water partition coefficient (Wildman–Crippen LogP) is 10.8. The van der Waals surface area contributed by atoms with Crippen molar-refractivity contribution in [1.29, 1.82) is 0 Å². The molecule has 1 aliphatic rings. The minimum Gasteiger partial charge on any atom is -0.244 e. The zero-order valence-electron chi connectivity index (χ0n) is 23.3. The van der Waals surface area contributed by atoms with E-state index in [0.29, 0.717) is 0 Å². The van der Waals surface area contributed by atoms with Crippen LogP contribution >= 0.6 is 11.3 Å². The van der Waals surface area contributed by atoms with Crippen LogP contribution in [0.4, 0.5) is 0 Å². The topological polar surface area (TPSA) is 25.8 Å². The van der Waals surface area contributed by atoms with Gasteiger partial charge in [0.2, 0.25) is 0 Å². The van der Waals surface area contributed by atoms with E-state index in [-0.39, 0.29) is 5.41 Å². The molecule has 198 valence electrons. The third-order valence-electron chi connectivity index (χ3n) is 9.05. The van der Waals surface area contributed by atoms with E-state index >= 15 is 0 Å². The Morgan fingerprint density at radius 1 is 0.524 bits per heavy atom. The van der Waals surface area contributed by atoms with Gasteiger partial charge in [0.05, 0.1) is 22.4 Å². The molecule has 2 nitrogen and oxygen atoms in total. The number of rotatable bonds is 2. The number of hydrogen-bond acceptors (Lipinski definition) is 3. The second-order valence-corrected chi connectivity index (χ2v) is 12.9. The summed E-state index contributed by atoms with van der Waals surface area (Å²) in [6.45, 7) is 4.70. The van der Waals surface area contributed by atoms with E-state index in [1.807, 2.05) is 23.5 Å². The van der Waals surface area contributed by atoms with Crippen LogP contribution < -0.4 is 0 Å². The van der Waals surface area contributed by atoms with Gasteiger partial charge in [-0.05, 0) is 69.4 Å². The van der Waals surface area contributed by atoms with E-state index in [2.05, 4.69) is 123 Å². The highest BCUT2D eigenvalue weighted by molar-refractivity contribution is 7.26. The summed E-state index contributed by atoms with van der Waals surface area (Å²) in [5.74, 6) is 0. The number of nitrogens with zero attached hydrogens (tertiary/aromatic N) is 2. The van der Waals surface area contributed by atoms with Crippen LogP contribution in [-0.2, 0) is 5.41 Å². The average molecular weight is 555 g/mol. The highest BCUT2D eigenvalue weighted by Crippen LogP contribution is 2.51. The van der Waals surface area contributed by atoms with Crippen molar-refractivity contribution >= 4 is 53.3 Å². The molecule has 0 saturated heterocycles. The molecule has 0 radical (unpaired) electrons. The molecule has 8 aromatic rings. The van der Waals surface area contributed by atoms with Crippen molar-refractivity contribution in [2.24, 2.45) is 0 Å². The monoisotopic (exact) mass is 554 g/mol. The van der Waals surface area contributed by atoms with Gasteiger partial charge >= 0.3 is 0 Å². The van der Waals surface area contributed by atoms with Crippen molar-refractivity contribution < 1.29 is 0 Å². The maximum absolute atomic E-state index is 5.29. The molecule has 9 rings (SSSR count). The summed E-state index contributed by atoms with van der Waals surface area (Å²) >= 11 is 1.84. The molecule has 3 heteroatoms. The number of benzene rings is 6. The first-order chi connectivity index (χ1) is 20.6. The van der Waals surface area contributed by atoms with Gasteiger partial charge in [0.15, 0.2) is 0 Å². The Kier molecular flexibility index (Phi) is 4.86. The summed E-state index contributed by atoms with van der Waals surface area (Å²) < 4.78 is 2.55. The van der Waals surface area contributed by atoms with Crippen LogP contribution in [0.2, 0.25) is 0 Å². The first-order valence-electron chi connectivity index (χ1n) is 14.4. The molecular formula is C39H26N2S. The van der Waals surface area contributed by atoms with Crippen LogP contribution in [0, 0.1) is 0 Å². The van der Waals surface area contributed by atoms with Crippen molar-refractivity contribution in [2.45, 2.75) is 19.3 Å². The number of fused-ring (bicyclic) bond motifs is 8. The van der Waals surface area contributed by atoms with Gasteiger partial charge in [-0.25, -0.2) is 9.97 Å². The van der Waals surface area contributed by atoms with Crippen molar-refractivity contribution in [2.75, 3.05) is 0 Å². The maximum Gasteiger partial charge on any atom is 0.0987 e. The lowest BCUT2D eigenvalue weighted by atomic mass is 9.81. The zero-order chi connectivity index (χ0) is 28.0. The second kappa shape index (κ2) is 8.58. The normalized spacial score (nSPS) is 13.7. The predicted molar refractivity (Wildman–Crippen MR) is 178 cm³/mol. The quantitative estimate of drug-likeness (QED) is 0.212. The molecule has 0 aliphatic heterocycles. The molecule has 0 N–H and O–H groups in total. The Hall–Kier alpha value is -4.86. The molecule has 42 heavy (non-hydrogen) atoms. The van der Waals surface area contributed by atoms with E-state index in [9.17, 15) is 0 Å². The van der Waals surface area contributed by atoms with E-state index in [1.165, 1.54) is 53.2 Å². The summed E-state index contributed by atoms with van der Waals surface area (Å²) in [6, 6.07) is 43.8.